The fraction of sp³-hybridized carbons (Fsp3) is 0.457. The molecule has 2 bridgehead atoms. The molecule has 6 heterocycles. The molecule has 0 radical (unpaired) electrons. The van der Waals surface area contributed by atoms with Gasteiger partial charge in [0.05, 0.1) is 16.9 Å². The van der Waals surface area contributed by atoms with Crippen molar-refractivity contribution >= 4 is 40.2 Å². The minimum absolute atomic E-state index is 0.0701. The van der Waals surface area contributed by atoms with Crippen LogP contribution in [0.5, 0.6) is 0 Å². The van der Waals surface area contributed by atoms with E-state index in [4.69, 9.17) is 4.98 Å². The number of halogens is 3. The van der Waals surface area contributed by atoms with Gasteiger partial charge in [-0.1, -0.05) is 19.4 Å². The second kappa shape index (κ2) is 13.8. The highest BCUT2D eigenvalue weighted by atomic mass is 19.4. The Balaban J connectivity index is 1.41. The van der Waals surface area contributed by atoms with Crippen LogP contribution in [-0.4, -0.2) is 77.3 Å². The molecule has 4 aromatic rings. The van der Waals surface area contributed by atoms with Gasteiger partial charge in [0.1, 0.15) is 35.6 Å². The number of aryl methyl sites for hydroxylation is 3. The number of nitrogens with zero attached hydrogens (tertiary/aromatic N) is 7. The van der Waals surface area contributed by atoms with Gasteiger partial charge in [0, 0.05) is 55.2 Å². The summed E-state index contributed by atoms with van der Waals surface area (Å²) in [5.41, 5.74) is 0.818. The number of aromatic nitrogens is 6. The summed E-state index contributed by atoms with van der Waals surface area (Å²) in [7, 11) is 0. The molecular formula is C35H38F3N9O4. The zero-order valence-electron chi connectivity index (χ0n) is 28.7. The van der Waals surface area contributed by atoms with Crippen LogP contribution in [0.2, 0.25) is 0 Å². The third kappa shape index (κ3) is 7.59. The minimum atomic E-state index is -4.73. The van der Waals surface area contributed by atoms with E-state index in [1.165, 1.54) is 29.5 Å². The molecule has 0 aliphatic carbocycles. The molecule has 6 rings (SSSR count). The molecule has 16 heteroatoms. The Hall–Kier alpha value is -5.28. The first-order valence-corrected chi connectivity index (χ1v) is 16.7. The van der Waals surface area contributed by atoms with Crippen molar-refractivity contribution in [1.82, 2.24) is 39.9 Å². The van der Waals surface area contributed by atoms with Crippen LogP contribution < -0.4 is 10.6 Å². The summed E-state index contributed by atoms with van der Waals surface area (Å²) in [4.78, 5) is 72.3. The van der Waals surface area contributed by atoms with Crippen molar-refractivity contribution < 1.29 is 32.3 Å². The maximum absolute atomic E-state index is 14.3. The van der Waals surface area contributed by atoms with Crippen molar-refractivity contribution in [2.24, 2.45) is 5.41 Å². The van der Waals surface area contributed by atoms with Crippen molar-refractivity contribution in [1.29, 1.82) is 0 Å². The number of alkyl halides is 3. The first-order chi connectivity index (χ1) is 24.1. The Morgan fingerprint density at radius 2 is 1.76 bits per heavy atom. The summed E-state index contributed by atoms with van der Waals surface area (Å²) >= 11 is 0. The van der Waals surface area contributed by atoms with Gasteiger partial charge >= 0.3 is 6.18 Å². The van der Waals surface area contributed by atoms with E-state index in [1.54, 1.807) is 25.4 Å². The van der Waals surface area contributed by atoms with Crippen molar-refractivity contribution in [3.8, 4) is 11.3 Å². The Bertz CT molecular complexity index is 2030. The lowest BCUT2D eigenvalue weighted by molar-refractivity contribution is -0.141. The van der Waals surface area contributed by atoms with Gasteiger partial charge < -0.3 is 15.5 Å². The predicted octanol–water partition coefficient (Wildman–Crippen LogP) is 4.60. The number of carbonyl (C=O) groups is 4. The highest BCUT2D eigenvalue weighted by Crippen LogP contribution is 2.36. The average molecular weight is 706 g/mol. The molecule has 0 aromatic carbocycles. The number of hydrogen-bond donors (Lipinski definition) is 2. The summed E-state index contributed by atoms with van der Waals surface area (Å²) in [5.74, 6) is -1.39. The van der Waals surface area contributed by atoms with E-state index in [0.29, 0.717) is 58.5 Å². The first kappa shape index (κ1) is 35.5. The zero-order chi connectivity index (χ0) is 36.7. The molecule has 0 saturated carbocycles. The van der Waals surface area contributed by atoms with Crippen molar-refractivity contribution in [3.05, 3.63) is 59.1 Å². The molecule has 4 aromatic heterocycles. The Kier molecular flexibility index (Phi) is 9.61. The Morgan fingerprint density at radius 3 is 2.47 bits per heavy atom. The molecule has 13 nitrogen and oxygen atoms in total. The molecule has 0 unspecified atom stereocenters. The molecule has 0 spiro atoms. The van der Waals surface area contributed by atoms with E-state index >= 15 is 0 Å². The quantitative estimate of drug-likeness (QED) is 0.289. The standard InChI is InChI=1S/C35H38F3N9O4/c1-19-10-11-27(35(36,37)38)43-32(19)44-33(51)26-13-34(4)17-41-28(49)9-7-5-6-8-24-31-23(12-25(42-24)22-14-39-21(3)40-15-22)30(20(2)48)45-47(31)16-29(50)46(26)18-34/h10-12,14-15,26H,5-9,13,16-18H2,1-4H3,(H,41,49)(H,43,44,51)/t26-,34-/m0/s1. The van der Waals surface area contributed by atoms with Crippen molar-refractivity contribution in [3.63, 3.8) is 0 Å². The van der Waals surface area contributed by atoms with Gasteiger partial charge in [-0.3, -0.25) is 28.8 Å². The number of nitrogens with one attached hydrogen (secondary N) is 2. The third-order valence-electron chi connectivity index (χ3n) is 9.39. The molecule has 51 heavy (non-hydrogen) atoms. The van der Waals surface area contributed by atoms with Gasteiger partial charge in [-0.2, -0.15) is 18.3 Å². The van der Waals surface area contributed by atoms with E-state index < -0.39 is 35.1 Å². The Morgan fingerprint density at radius 1 is 1.04 bits per heavy atom. The van der Waals surface area contributed by atoms with Crippen LogP contribution in [0.4, 0.5) is 19.0 Å². The number of fused-ring (bicyclic) bond motifs is 2. The van der Waals surface area contributed by atoms with Gasteiger partial charge in [-0.05, 0) is 57.2 Å². The Labute approximate surface area is 291 Å². The van der Waals surface area contributed by atoms with Crippen LogP contribution in [0.25, 0.3) is 22.2 Å². The molecule has 1 fully saturated rings. The van der Waals surface area contributed by atoms with Crippen LogP contribution >= 0.6 is 0 Å². The normalized spacial score (nSPS) is 20.4. The second-order valence-corrected chi connectivity index (χ2v) is 13.7. The van der Waals surface area contributed by atoms with Crippen LogP contribution in [0.1, 0.15) is 79.2 Å². The summed E-state index contributed by atoms with van der Waals surface area (Å²) in [6, 6.07) is 2.67. The molecule has 2 aliphatic heterocycles. The number of amides is 3. The third-order valence-corrected chi connectivity index (χ3v) is 9.39. The fourth-order valence-corrected chi connectivity index (χ4v) is 6.68. The van der Waals surface area contributed by atoms with Gasteiger partial charge in [0.25, 0.3) is 0 Å². The molecule has 268 valence electrons. The zero-order valence-corrected chi connectivity index (χ0v) is 28.7. The van der Waals surface area contributed by atoms with Crippen LogP contribution in [0, 0.1) is 19.3 Å². The highest BCUT2D eigenvalue weighted by Gasteiger charge is 2.46. The number of ketones is 1. The lowest BCUT2D eigenvalue weighted by Crippen LogP contribution is -2.45. The highest BCUT2D eigenvalue weighted by molar-refractivity contribution is 6.06. The summed E-state index contributed by atoms with van der Waals surface area (Å²) in [5, 5.41) is 10.6. The molecule has 2 aliphatic rings. The molecule has 1 saturated heterocycles. The van der Waals surface area contributed by atoms with Crippen molar-refractivity contribution in [2.75, 3.05) is 18.4 Å². The topological polar surface area (TPSA) is 165 Å². The van der Waals surface area contributed by atoms with E-state index in [-0.39, 0.29) is 55.7 Å². The fourth-order valence-electron chi connectivity index (χ4n) is 6.68. The van der Waals surface area contributed by atoms with Crippen LogP contribution in [-0.2, 0) is 33.5 Å². The summed E-state index contributed by atoms with van der Waals surface area (Å²) in [6.07, 6.45) is 1.43. The lowest BCUT2D eigenvalue weighted by atomic mass is 9.87. The monoisotopic (exact) mass is 705 g/mol. The number of hydrogen-bond acceptors (Lipinski definition) is 9. The van der Waals surface area contributed by atoms with Crippen LogP contribution in [0.3, 0.4) is 0 Å². The smallest absolute Gasteiger partial charge is 0.355 e. The molecule has 2 N–H and O–H groups in total. The van der Waals surface area contributed by atoms with Gasteiger partial charge in [-0.25, -0.2) is 15.0 Å². The SMILES string of the molecule is CC(=O)c1nn2c3c(nc(-c4cnc(C)nc4)cc13)CCCCCC(=O)NC[C@]1(C)C[C@@H](C(=O)Nc3nc(C(F)(F)F)ccc3C)N(C1)C(=O)C2. The summed E-state index contributed by atoms with van der Waals surface area (Å²) in [6.45, 7) is 6.41. The number of pyridine rings is 2. The maximum atomic E-state index is 14.3. The lowest BCUT2D eigenvalue weighted by Gasteiger charge is -2.26. The van der Waals surface area contributed by atoms with Gasteiger partial charge in [0.15, 0.2) is 5.78 Å². The molecular weight excluding hydrogens is 667 g/mol. The van der Waals surface area contributed by atoms with Gasteiger partial charge in [-0.15, -0.1) is 0 Å². The first-order valence-electron chi connectivity index (χ1n) is 16.7. The van der Waals surface area contributed by atoms with Gasteiger partial charge in [0.2, 0.25) is 17.7 Å². The largest absolute Gasteiger partial charge is 0.433 e. The van der Waals surface area contributed by atoms with E-state index in [2.05, 4.69) is 30.7 Å². The van der Waals surface area contributed by atoms with E-state index in [0.717, 1.165) is 12.5 Å². The average Bonchev–Trinajstić information content (AvgIpc) is 3.62. The van der Waals surface area contributed by atoms with E-state index in [1.807, 2.05) is 6.92 Å². The van der Waals surface area contributed by atoms with E-state index in [9.17, 15) is 32.3 Å². The minimum Gasteiger partial charge on any atom is -0.355 e. The van der Waals surface area contributed by atoms with Crippen molar-refractivity contribution in [2.45, 2.75) is 85.0 Å². The molecule has 3 amide bonds. The number of anilines is 1. The molecule has 2 atom stereocenters. The number of Topliss-reactive ketones (excluding diaryl/α,β-unsaturated/α-hetero) is 1. The predicted molar refractivity (Wildman–Crippen MR) is 179 cm³/mol. The number of carbonyl (C=O) groups excluding carboxylic acids is 4. The summed E-state index contributed by atoms with van der Waals surface area (Å²) < 4.78 is 41.8. The van der Waals surface area contributed by atoms with Crippen LogP contribution in [0.15, 0.2) is 30.6 Å². The number of rotatable bonds is 4. The second-order valence-electron chi connectivity index (χ2n) is 13.7. The maximum Gasteiger partial charge on any atom is 0.433 e.